The number of sulfone groups is 1. The van der Waals surface area contributed by atoms with Gasteiger partial charge in [0.1, 0.15) is 6.61 Å². The first kappa shape index (κ1) is 15.1. The summed E-state index contributed by atoms with van der Waals surface area (Å²) >= 11 is 0. The lowest BCUT2D eigenvalue weighted by Crippen LogP contribution is -2.08. The lowest BCUT2D eigenvalue weighted by atomic mass is 10.3. The highest BCUT2D eigenvalue weighted by molar-refractivity contribution is 7.95. The molecule has 0 saturated carbocycles. The molecule has 16 heavy (non-hydrogen) atoms. The van der Waals surface area contributed by atoms with Gasteiger partial charge in [0, 0.05) is 13.0 Å². The normalized spacial score (nSPS) is 12.6. The molecule has 0 aliphatic rings. The van der Waals surface area contributed by atoms with Crippen LogP contribution in [-0.4, -0.2) is 26.7 Å². The van der Waals surface area contributed by atoms with Crippen LogP contribution in [0.2, 0.25) is 0 Å². The number of hydrogen-bond donors (Lipinski definition) is 0. The SMILES string of the molecule is CCCCCS(=O)(=O)/C(F)=C/COC(C)=O. The topological polar surface area (TPSA) is 60.4 Å². The number of ether oxygens (including phenoxy) is 1. The zero-order valence-electron chi connectivity index (χ0n) is 9.53. The van der Waals surface area contributed by atoms with E-state index in [1.165, 1.54) is 6.92 Å². The monoisotopic (exact) mass is 252 g/mol. The summed E-state index contributed by atoms with van der Waals surface area (Å²) in [4.78, 5) is 10.4. The maximum absolute atomic E-state index is 13.1. The summed E-state index contributed by atoms with van der Waals surface area (Å²) in [7, 11) is -3.83. The van der Waals surface area contributed by atoms with E-state index in [4.69, 9.17) is 0 Å². The zero-order valence-corrected chi connectivity index (χ0v) is 10.3. The van der Waals surface area contributed by atoms with Crippen LogP contribution < -0.4 is 0 Å². The number of carbonyl (C=O) groups excluding carboxylic acids is 1. The molecule has 0 amide bonds. The number of carbonyl (C=O) groups is 1. The van der Waals surface area contributed by atoms with Crippen molar-refractivity contribution in [3.63, 3.8) is 0 Å². The summed E-state index contributed by atoms with van der Waals surface area (Å²) in [5, 5.41) is -1.22. The molecule has 0 spiro atoms. The number of rotatable bonds is 7. The van der Waals surface area contributed by atoms with Crippen LogP contribution in [0.15, 0.2) is 11.2 Å². The van der Waals surface area contributed by atoms with E-state index in [1.54, 1.807) is 0 Å². The van der Waals surface area contributed by atoms with Crippen LogP contribution in [0.5, 0.6) is 0 Å². The van der Waals surface area contributed by atoms with Gasteiger partial charge in [-0.15, -0.1) is 0 Å². The van der Waals surface area contributed by atoms with Gasteiger partial charge >= 0.3 is 5.97 Å². The minimum absolute atomic E-state index is 0.205. The number of unbranched alkanes of at least 4 members (excludes halogenated alkanes) is 2. The largest absolute Gasteiger partial charge is 0.461 e. The summed E-state index contributed by atoms with van der Waals surface area (Å²) < 4.78 is 40.1. The van der Waals surface area contributed by atoms with Crippen molar-refractivity contribution in [2.75, 3.05) is 12.4 Å². The van der Waals surface area contributed by atoms with Gasteiger partial charge in [0.05, 0.1) is 5.75 Å². The van der Waals surface area contributed by atoms with E-state index >= 15 is 0 Å². The molecule has 0 unspecified atom stereocenters. The third kappa shape index (κ3) is 6.55. The van der Waals surface area contributed by atoms with Gasteiger partial charge in [-0.25, -0.2) is 8.42 Å². The van der Waals surface area contributed by atoms with Crippen molar-refractivity contribution < 1.29 is 22.3 Å². The Bertz CT molecular complexity index is 346. The molecule has 0 aromatic heterocycles. The van der Waals surface area contributed by atoms with Gasteiger partial charge in [0.25, 0.3) is 0 Å². The molecule has 0 aliphatic carbocycles. The van der Waals surface area contributed by atoms with Crippen molar-refractivity contribution in [3.8, 4) is 0 Å². The fourth-order valence-electron chi connectivity index (χ4n) is 0.991. The van der Waals surface area contributed by atoms with Crippen molar-refractivity contribution in [1.29, 1.82) is 0 Å². The molecule has 0 radical (unpaired) electrons. The van der Waals surface area contributed by atoms with Gasteiger partial charge in [-0.3, -0.25) is 4.79 Å². The maximum Gasteiger partial charge on any atom is 0.302 e. The first-order chi connectivity index (χ1) is 7.40. The number of esters is 1. The molecule has 0 saturated heterocycles. The third-order valence-electron chi connectivity index (χ3n) is 1.84. The molecule has 0 rings (SSSR count). The number of halogens is 1. The Labute approximate surface area is 95.4 Å². The van der Waals surface area contributed by atoms with Crippen LogP contribution in [0.25, 0.3) is 0 Å². The van der Waals surface area contributed by atoms with Crippen molar-refractivity contribution in [2.24, 2.45) is 0 Å². The molecule has 0 bridgehead atoms. The van der Waals surface area contributed by atoms with Gasteiger partial charge in [0.2, 0.25) is 15.0 Å². The number of hydrogen-bond acceptors (Lipinski definition) is 4. The average Bonchev–Trinajstić information content (AvgIpc) is 2.17. The molecule has 94 valence electrons. The quantitative estimate of drug-likeness (QED) is 0.513. The fraction of sp³-hybridized carbons (Fsp3) is 0.700. The summed E-state index contributed by atoms with van der Waals surface area (Å²) in [5.41, 5.74) is 0. The average molecular weight is 252 g/mol. The second-order valence-electron chi connectivity index (χ2n) is 3.34. The second kappa shape index (κ2) is 7.38. The van der Waals surface area contributed by atoms with E-state index < -0.39 is 21.0 Å². The van der Waals surface area contributed by atoms with E-state index in [2.05, 4.69) is 4.74 Å². The molecule has 0 aromatic carbocycles. The third-order valence-corrected chi connectivity index (χ3v) is 3.43. The van der Waals surface area contributed by atoms with E-state index in [0.717, 1.165) is 18.9 Å². The lowest BCUT2D eigenvalue weighted by Gasteiger charge is -2.01. The van der Waals surface area contributed by atoms with Crippen LogP contribution in [-0.2, 0) is 19.4 Å². The van der Waals surface area contributed by atoms with Crippen LogP contribution >= 0.6 is 0 Å². The second-order valence-corrected chi connectivity index (χ2v) is 5.36. The van der Waals surface area contributed by atoms with Crippen LogP contribution in [0.1, 0.15) is 33.1 Å². The van der Waals surface area contributed by atoms with Gasteiger partial charge in [-0.05, 0) is 6.42 Å². The molecule has 0 fully saturated rings. The van der Waals surface area contributed by atoms with Gasteiger partial charge in [0.15, 0.2) is 0 Å². The Morgan fingerprint density at radius 3 is 2.50 bits per heavy atom. The molecule has 0 heterocycles. The van der Waals surface area contributed by atoms with Crippen molar-refractivity contribution in [2.45, 2.75) is 33.1 Å². The maximum atomic E-state index is 13.1. The van der Waals surface area contributed by atoms with Crippen molar-refractivity contribution in [3.05, 3.63) is 11.2 Å². The van der Waals surface area contributed by atoms with Crippen molar-refractivity contribution >= 4 is 15.8 Å². The zero-order chi connectivity index (χ0) is 12.6. The van der Waals surface area contributed by atoms with Gasteiger partial charge in [-0.1, -0.05) is 19.8 Å². The Hall–Kier alpha value is -0.910. The lowest BCUT2D eigenvalue weighted by molar-refractivity contribution is -0.139. The van der Waals surface area contributed by atoms with Crippen LogP contribution in [0.3, 0.4) is 0 Å². The predicted molar refractivity (Wildman–Crippen MR) is 59.1 cm³/mol. The smallest absolute Gasteiger partial charge is 0.302 e. The van der Waals surface area contributed by atoms with Crippen LogP contribution in [0.4, 0.5) is 4.39 Å². The molecule has 6 heteroatoms. The van der Waals surface area contributed by atoms with Gasteiger partial charge < -0.3 is 4.74 Å². The molecule has 0 atom stereocenters. The Morgan fingerprint density at radius 2 is 2.00 bits per heavy atom. The highest BCUT2D eigenvalue weighted by atomic mass is 32.2. The first-order valence-electron chi connectivity index (χ1n) is 5.12. The van der Waals surface area contributed by atoms with Crippen LogP contribution in [0, 0.1) is 0 Å². The summed E-state index contributed by atoms with van der Waals surface area (Å²) in [6.45, 7) is 2.75. The molecule has 4 nitrogen and oxygen atoms in total. The Morgan fingerprint density at radius 1 is 1.38 bits per heavy atom. The van der Waals surface area contributed by atoms with Gasteiger partial charge in [-0.2, -0.15) is 4.39 Å². The van der Waals surface area contributed by atoms with E-state index in [9.17, 15) is 17.6 Å². The minimum Gasteiger partial charge on any atom is -0.461 e. The predicted octanol–water partition coefficient (Wildman–Crippen LogP) is 1.97. The summed E-state index contributed by atoms with van der Waals surface area (Å²) in [5.74, 6) is -0.782. The summed E-state index contributed by atoms with van der Waals surface area (Å²) in [6, 6.07) is 0. The van der Waals surface area contributed by atoms with E-state index in [1.807, 2.05) is 6.92 Å². The Balaban J connectivity index is 4.22. The first-order valence-corrected chi connectivity index (χ1v) is 6.77. The van der Waals surface area contributed by atoms with E-state index in [-0.39, 0.29) is 12.4 Å². The summed E-state index contributed by atoms with van der Waals surface area (Å²) in [6.07, 6.45) is 2.82. The molecule has 0 aliphatic heterocycles. The molecular weight excluding hydrogens is 235 g/mol. The Kier molecular flexibility index (Phi) is 6.96. The highest BCUT2D eigenvalue weighted by Gasteiger charge is 2.16. The molecule has 0 aromatic rings. The minimum atomic E-state index is -3.83. The molecule has 0 N–H and O–H groups in total. The highest BCUT2D eigenvalue weighted by Crippen LogP contribution is 2.11. The molecular formula is C10H17FO4S. The van der Waals surface area contributed by atoms with E-state index in [0.29, 0.717) is 6.42 Å². The van der Waals surface area contributed by atoms with Crippen molar-refractivity contribution in [1.82, 2.24) is 0 Å². The fourth-order valence-corrected chi connectivity index (χ4v) is 2.09. The standard InChI is InChI=1S/C10H17FO4S/c1-3-4-5-8-16(13,14)10(11)6-7-15-9(2)12/h6H,3-5,7-8H2,1-2H3/b10-6+.